The van der Waals surface area contributed by atoms with Crippen LogP contribution < -0.4 is 16.3 Å². The van der Waals surface area contributed by atoms with Crippen LogP contribution in [-0.4, -0.2) is 55.0 Å². The number of benzene rings is 2. The predicted octanol–water partition coefficient (Wildman–Crippen LogP) is 3.68. The summed E-state index contributed by atoms with van der Waals surface area (Å²) in [6, 6.07) is 9.52. The van der Waals surface area contributed by atoms with Gasteiger partial charge in [-0.15, -0.1) is 0 Å². The van der Waals surface area contributed by atoms with Crippen LogP contribution >= 0.6 is 11.6 Å². The second kappa shape index (κ2) is 8.64. The minimum absolute atomic E-state index is 0.178. The molecule has 2 N–H and O–H groups in total. The lowest BCUT2D eigenvalue weighted by Crippen LogP contribution is -2.50. The summed E-state index contributed by atoms with van der Waals surface area (Å²) in [5.41, 5.74) is 10.6. The Hall–Kier alpha value is -3.03. The number of nitrogens with two attached hydrogens (primary N) is 1. The first kappa shape index (κ1) is 22.7. The number of hydrogen-bond donors (Lipinski definition) is 1. The van der Waals surface area contributed by atoms with Gasteiger partial charge < -0.3 is 24.9 Å². The van der Waals surface area contributed by atoms with Gasteiger partial charge in [0.15, 0.2) is 0 Å². The number of carbonyl (C=O) groups excluding carboxylic acids is 1. The van der Waals surface area contributed by atoms with E-state index in [9.17, 15) is 9.59 Å². The Morgan fingerprint density at radius 1 is 1.15 bits per heavy atom. The number of rotatable bonds is 2. The molecule has 0 unspecified atom stereocenters. The summed E-state index contributed by atoms with van der Waals surface area (Å²) in [6.07, 6.45) is 0.593. The highest BCUT2D eigenvalue weighted by molar-refractivity contribution is 6.33. The SMILES string of the molecule is Cc1c(N2CCN(C)[C@@H](C)C2)ccc2c3c(c(=O)oc12)CN(C(=O)c1ccc(N)c(Cl)c1)CC3. The topological polar surface area (TPSA) is 83.0 Å². The molecule has 34 heavy (non-hydrogen) atoms. The van der Waals surface area contributed by atoms with Gasteiger partial charge in [-0.1, -0.05) is 11.6 Å². The number of aryl methyl sites for hydroxylation is 1. The normalized spacial score (nSPS) is 18.9. The number of nitrogens with zero attached hydrogens (tertiary/aromatic N) is 3. The van der Waals surface area contributed by atoms with Crippen molar-refractivity contribution < 1.29 is 9.21 Å². The minimum atomic E-state index is -0.373. The molecule has 178 valence electrons. The monoisotopic (exact) mass is 480 g/mol. The van der Waals surface area contributed by atoms with Gasteiger partial charge in [0, 0.05) is 54.4 Å². The number of likely N-dealkylation sites (N-methyl/N-ethyl adjacent to an activating group) is 1. The molecule has 7 nitrogen and oxygen atoms in total. The molecule has 8 heteroatoms. The number of hydrogen-bond acceptors (Lipinski definition) is 6. The average Bonchev–Trinajstić information content (AvgIpc) is 2.83. The van der Waals surface area contributed by atoms with Crippen molar-refractivity contribution >= 4 is 39.9 Å². The number of fused-ring (bicyclic) bond motifs is 3. The van der Waals surface area contributed by atoms with Gasteiger partial charge in [0.1, 0.15) is 5.58 Å². The summed E-state index contributed by atoms with van der Waals surface area (Å²) in [4.78, 5) is 32.5. The Morgan fingerprint density at radius 2 is 1.94 bits per heavy atom. The third-order valence-electron chi connectivity index (χ3n) is 7.32. The smallest absolute Gasteiger partial charge is 0.341 e. The summed E-state index contributed by atoms with van der Waals surface area (Å²) in [6.45, 7) is 7.85. The molecule has 0 spiro atoms. The zero-order valence-electron chi connectivity index (χ0n) is 19.7. The van der Waals surface area contributed by atoms with E-state index in [2.05, 4.69) is 35.9 Å². The lowest BCUT2D eigenvalue weighted by molar-refractivity contribution is 0.0733. The summed E-state index contributed by atoms with van der Waals surface area (Å²) < 4.78 is 5.87. The van der Waals surface area contributed by atoms with E-state index >= 15 is 0 Å². The van der Waals surface area contributed by atoms with Crippen molar-refractivity contribution in [1.29, 1.82) is 0 Å². The first-order valence-corrected chi connectivity index (χ1v) is 12.0. The fourth-order valence-electron chi connectivity index (χ4n) is 5.08. The van der Waals surface area contributed by atoms with Crippen molar-refractivity contribution in [2.24, 2.45) is 0 Å². The van der Waals surface area contributed by atoms with E-state index in [1.807, 2.05) is 6.92 Å². The van der Waals surface area contributed by atoms with Gasteiger partial charge in [0.2, 0.25) is 0 Å². The maximum atomic E-state index is 13.1. The van der Waals surface area contributed by atoms with Crippen LogP contribution in [0.4, 0.5) is 11.4 Å². The van der Waals surface area contributed by atoms with Crippen molar-refractivity contribution in [3.8, 4) is 0 Å². The van der Waals surface area contributed by atoms with Crippen molar-refractivity contribution in [2.75, 3.05) is 43.9 Å². The Kier molecular flexibility index (Phi) is 5.78. The zero-order chi connectivity index (χ0) is 24.1. The van der Waals surface area contributed by atoms with Gasteiger partial charge in [-0.25, -0.2) is 4.79 Å². The first-order valence-electron chi connectivity index (χ1n) is 11.6. The Bertz CT molecular complexity index is 1350. The van der Waals surface area contributed by atoms with E-state index in [-0.39, 0.29) is 18.1 Å². The summed E-state index contributed by atoms with van der Waals surface area (Å²) in [5, 5.41) is 1.30. The standard InChI is InChI=1S/C26H29ClN4O3/c1-15-13-30(11-10-29(15)3)23-7-5-19-18-8-9-31(14-20(18)26(33)34-24(19)16(23)2)25(32)17-4-6-22(28)21(27)12-17/h4-7,12,15H,8-11,13-14,28H2,1-3H3/t15-/m0/s1. The van der Waals surface area contributed by atoms with Crippen molar-refractivity contribution in [1.82, 2.24) is 9.80 Å². The highest BCUT2D eigenvalue weighted by atomic mass is 35.5. The van der Waals surface area contributed by atoms with Crippen LogP contribution in [0.2, 0.25) is 5.02 Å². The number of amides is 1. The third-order valence-corrected chi connectivity index (χ3v) is 7.65. The van der Waals surface area contributed by atoms with Gasteiger partial charge in [0.05, 0.1) is 22.8 Å². The van der Waals surface area contributed by atoms with E-state index in [4.69, 9.17) is 21.8 Å². The minimum Gasteiger partial charge on any atom is -0.422 e. The fraction of sp³-hybridized carbons (Fsp3) is 0.385. The van der Waals surface area contributed by atoms with E-state index in [1.54, 1.807) is 23.1 Å². The van der Waals surface area contributed by atoms with Crippen LogP contribution in [0.1, 0.15) is 34.0 Å². The Labute approximate surface area is 203 Å². The van der Waals surface area contributed by atoms with Gasteiger partial charge >= 0.3 is 5.63 Å². The molecule has 5 rings (SSSR count). The quantitative estimate of drug-likeness (QED) is 0.445. The number of nitrogen functional groups attached to an aromatic ring is 1. The van der Waals surface area contributed by atoms with Crippen molar-refractivity contribution in [3.05, 3.63) is 68.0 Å². The van der Waals surface area contributed by atoms with Crippen LogP contribution in [0, 0.1) is 6.92 Å². The molecule has 3 heterocycles. The van der Waals surface area contributed by atoms with E-state index in [1.165, 1.54) is 0 Å². The Balaban J connectivity index is 1.47. The first-order chi connectivity index (χ1) is 16.2. The second-order valence-electron chi connectivity index (χ2n) is 9.42. The average molecular weight is 481 g/mol. The zero-order valence-corrected chi connectivity index (χ0v) is 20.5. The number of halogens is 1. The Morgan fingerprint density at radius 3 is 2.68 bits per heavy atom. The molecule has 2 aromatic carbocycles. The van der Waals surface area contributed by atoms with Crippen molar-refractivity contribution in [2.45, 2.75) is 32.9 Å². The fourth-order valence-corrected chi connectivity index (χ4v) is 5.26. The molecule has 0 saturated carbocycles. The molecule has 1 fully saturated rings. The molecule has 1 atom stereocenters. The third kappa shape index (κ3) is 3.83. The van der Waals surface area contributed by atoms with Crippen LogP contribution in [-0.2, 0) is 13.0 Å². The molecule has 2 aliphatic rings. The lowest BCUT2D eigenvalue weighted by atomic mass is 9.95. The summed E-state index contributed by atoms with van der Waals surface area (Å²) in [7, 11) is 2.15. The lowest BCUT2D eigenvalue weighted by Gasteiger charge is -2.39. The van der Waals surface area contributed by atoms with Crippen LogP contribution in [0.15, 0.2) is 39.5 Å². The predicted molar refractivity (Wildman–Crippen MR) is 136 cm³/mol. The molecule has 3 aromatic rings. The molecular formula is C26H29ClN4O3. The van der Waals surface area contributed by atoms with Gasteiger partial charge in [-0.3, -0.25) is 4.79 Å². The van der Waals surface area contributed by atoms with Crippen molar-refractivity contribution in [3.63, 3.8) is 0 Å². The molecule has 1 saturated heterocycles. The number of anilines is 2. The largest absolute Gasteiger partial charge is 0.422 e. The molecular weight excluding hydrogens is 452 g/mol. The molecule has 2 aliphatic heterocycles. The summed E-state index contributed by atoms with van der Waals surface area (Å²) in [5.74, 6) is -0.178. The highest BCUT2D eigenvalue weighted by Crippen LogP contribution is 2.33. The second-order valence-corrected chi connectivity index (χ2v) is 9.83. The summed E-state index contributed by atoms with van der Waals surface area (Å²) >= 11 is 6.10. The molecule has 0 bridgehead atoms. The van der Waals surface area contributed by atoms with E-state index in [0.717, 1.165) is 41.8 Å². The van der Waals surface area contributed by atoms with Gasteiger partial charge in [-0.05, 0) is 63.2 Å². The highest BCUT2D eigenvalue weighted by Gasteiger charge is 2.28. The van der Waals surface area contributed by atoms with Crippen LogP contribution in [0.25, 0.3) is 11.0 Å². The number of piperazine rings is 1. The molecule has 0 radical (unpaired) electrons. The molecule has 0 aliphatic carbocycles. The molecule has 1 amide bonds. The van der Waals surface area contributed by atoms with E-state index < -0.39 is 0 Å². The maximum Gasteiger partial charge on any atom is 0.341 e. The van der Waals surface area contributed by atoms with Crippen LogP contribution in [0.5, 0.6) is 0 Å². The van der Waals surface area contributed by atoms with Gasteiger partial charge in [0.25, 0.3) is 5.91 Å². The maximum absolute atomic E-state index is 13.1. The van der Waals surface area contributed by atoms with Gasteiger partial charge in [-0.2, -0.15) is 0 Å². The number of carbonyl (C=O) groups is 1. The van der Waals surface area contributed by atoms with Crippen LogP contribution in [0.3, 0.4) is 0 Å². The van der Waals surface area contributed by atoms with E-state index in [0.29, 0.717) is 46.4 Å². The molecule has 1 aromatic heterocycles.